The van der Waals surface area contributed by atoms with Crippen molar-refractivity contribution in [2.24, 2.45) is 0 Å². The van der Waals surface area contributed by atoms with Gasteiger partial charge in [0.05, 0.1) is 12.2 Å². The Morgan fingerprint density at radius 3 is 2.50 bits per heavy atom. The molecule has 1 saturated carbocycles. The lowest BCUT2D eigenvalue weighted by atomic mass is 10.0. The van der Waals surface area contributed by atoms with E-state index in [1.54, 1.807) is 0 Å². The first-order valence-electron chi connectivity index (χ1n) is 7.54. The molecule has 1 N–H and O–H groups in total. The number of hydrogen-bond donors (Lipinski definition) is 1. The van der Waals surface area contributed by atoms with Gasteiger partial charge < -0.3 is 14.6 Å². The summed E-state index contributed by atoms with van der Waals surface area (Å²) in [6, 6.07) is 0. The number of hydrogen-bond acceptors (Lipinski definition) is 3. The van der Waals surface area contributed by atoms with E-state index < -0.39 is 5.79 Å². The zero-order valence-corrected chi connectivity index (χ0v) is 13.2. The molecule has 0 aromatic carbocycles. The summed E-state index contributed by atoms with van der Waals surface area (Å²) in [5.74, 6) is -0.397. The summed E-state index contributed by atoms with van der Waals surface area (Å²) < 4.78 is 12.4. The first-order chi connectivity index (χ1) is 9.60. The van der Waals surface area contributed by atoms with E-state index in [0.29, 0.717) is 6.42 Å². The molecular formula is C16H25ClO3. The minimum Gasteiger partial charge on any atom is -0.396 e. The molecule has 1 heterocycles. The number of aliphatic hydroxyl groups is 1. The molecule has 1 spiro atoms. The molecule has 0 aromatic heterocycles. The molecule has 0 aromatic rings. The van der Waals surface area contributed by atoms with Crippen molar-refractivity contribution in [3.05, 3.63) is 22.8 Å². The summed E-state index contributed by atoms with van der Waals surface area (Å²) in [7, 11) is 0. The van der Waals surface area contributed by atoms with Gasteiger partial charge in [-0.2, -0.15) is 0 Å². The first kappa shape index (κ1) is 16.0. The molecule has 2 rings (SSSR count). The van der Waals surface area contributed by atoms with Crippen LogP contribution in [0.1, 0.15) is 52.4 Å². The third-order valence-corrected chi connectivity index (χ3v) is 4.40. The minimum absolute atomic E-state index is 0.0138. The quantitative estimate of drug-likeness (QED) is 0.783. The predicted molar refractivity (Wildman–Crippen MR) is 80.6 cm³/mol. The van der Waals surface area contributed by atoms with Gasteiger partial charge in [-0.25, -0.2) is 0 Å². The molecule has 2 aliphatic rings. The second kappa shape index (κ2) is 7.08. The van der Waals surface area contributed by atoms with E-state index in [9.17, 15) is 5.11 Å². The zero-order chi connectivity index (χ0) is 14.6. The van der Waals surface area contributed by atoms with Crippen LogP contribution in [-0.4, -0.2) is 29.7 Å². The smallest absolute Gasteiger partial charge is 0.169 e. The Balaban J connectivity index is 2.09. The van der Waals surface area contributed by atoms with Gasteiger partial charge in [0.2, 0.25) is 0 Å². The molecule has 0 radical (unpaired) electrons. The van der Waals surface area contributed by atoms with Crippen LogP contribution < -0.4 is 0 Å². The molecule has 3 nitrogen and oxygen atoms in total. The summed E-state index contributed by atoms with van der Waals surface area (Å²) in [6.45, 7) is 4.01. The van der Waals surface area contributed by atoms with Gasteiger partial charge in [0.15, 0.2) is 5.79 Å². The Hall–Kier alpha value is -0.350. The average molecular weight is 301 g/mol. The Bertz CT molecular complexity index is 379. The Labute approximate surface area is 126 Å². The van der Waals surface area contributed by atoms with Gasteiger partial charge >= 0.3 is 0 Å². The van der Waals surface area contributed by atoms with Crippen LogP contribution in [0.15, 0.2) is 22.8 Å². The highest BCUT2D eigenvalue weighted by Crippen LogP contribution is 2.44. The van der Waals surface area contributed by atoms with Crippen molar-refractivity contribution in [2.45, 2.75) is 70.4 Å². The lowest BCUT2D eigenvalue weighted by molar-refractivity contribution is -0.169. The highest BCUT2D eigenvalue weighted by molar-refractivity contribution is 6.29. The molecule has 2 atom stereocenters. The van der Waals surface area contributed by atoms with Gasteiger partial charge in [-0.15, -0.1) is 0 Å². The van der Waals surface area contributed by atoms with Crippen LogP contribution in [0.4, 0.5) is 0 Å². The lowest BCUT2D eigenvalue weighted by Crippen LogP contribution is -2.26. The predicted octanol–water partition coefficient (Wildman–Crippen LogP) is 3.90. The highest BCUT2D eigenvalue weighted by atomic mass is 35.5. The zero-order valence-electron chi connectivity index (χ0n) is 12.4. The topological polar surface area (TPSA) is 38.7 Å². The maximum absolute atomic E-state index is 9.23. The first-order valence-corrected chi connectivity index (χ1v) is 7.92. The van der Waals surface area contributed by atoms with Crippen molar-refractivity contribution < 1.29 is 14.6 Å². The van der Waals surface area contributed by atoms with Crippen molar-refractivity contribution in [1.29, 1.82) is 0 Å². The summed E-state index contributed by atoms with van der Waals surface area (Å²) in [5, 5.41) is 10.0. The van der Waals surface area contributed by atoms with E-state index in [1.807, 2.05) is 26.0 Å². The number of halogens is 1. The molecule has 2 unspecified atom stereocenters. The maximum Gasteiger partial charge on any atom is 0.169 e. The maximum atomic E-state index is 9.23. The molecule has 1 aliphatic carbocycles. The van der Waals surface area contributed by atoms with Crippen LogP contribution in [0.25, 0.3) is 0 Å². The lowest BCUT2D eigenvalue weighted by Gasteiger charge is -2.22. The van der Waals surface area contributed by atoms with Crippen molar-refractivity contribution in [2.75, 3.05) is 6.61 Å². The molecule has 1 aliphatic heterocycles. The Kier molecular flexibility index (Phi) is 5.67. The van der Waals surface area contributed by atoms with Gasteiger partial charge in [-0.1, -0.05) is 23.8 Å². The second-order valence-corrected chi connectivity index (χ2v) is 6.27. The summed E-state index contributed by atoms with van der Waals surface area (Å²) in [4.78, 5) is 0. The third kappa shape index (κ3) is 3.64. The Morgan fingerprint density at radius 2 is 1.95 bits per heavy atom. The molecule has 20 heavy (non-hydrogen) atoms. The largest absolute Gasteiger partial charge is 0.396 e. The number of rotatable bonds is 5. The number of ether oxygens (including phenoxy) is 2. The van der Waals surface area contributed by atoms with Gasteiger partial charge in [-0.05, 0) is 38.7 Å². The second-order valence-electron chi connectivity index (χ2n) is 5.71. The minimum atomic E-state index is -0.397. The fraction of sp³-hybridized carbons (Fsp3) is 0.750. The molecule has 0 bridgehead atoms. The van der Waals surface area contributed by atoms with Crippen molar-refractivity contribution in [1.82, 2.24) is 0 Å². The van der Waals surface area contributed by atoms with Crippen LogP contribution in [0.3, 0.4) is 0 Å². The molecular weight excluding hydrogens is 276 g/mol. The van der Waals surface area contributed by atoms with Gasteiger partial charge in [-0.3, -0.25) is 0 Å². The Morgan fingerprint density at radius 1 is 1.30 bits per heavy atom. The highest BCUT2D eigenvalue weighted by Gasteiger charge is 2.48. The summed E-state index contributed by atoms with van der Waals surface area (Å²) >= 11 is 6.16. The SMILES string of the molecule is CC=CC(CC1OC2(CCCC2)OC1CCO)=C(C)Cl. The molecule has 114 valence electrons. The van der Waals surface area contributed by atoms with Crippen molar-refractivity contribution >= 4 is 11.6 Å². The van der Waals surface area contributed by atoms with Crippen molar-refractivity contribution in [3.63, 3.8) is 0 Å². The van der Waals surface area contributed by atoms with Crippen LogP contribution >= 0.6 is 11.6 Å². The molecule has 2 fully saturated rings. The number of allylic oxidation sites excluding steroid dienone is 3. The summed E-state index contributed by atoms with van der Waals surface area (Å²) in [6.07, 6.45) is 9.58. The third-order valence-electron chi connectivity index (χ3n) is 4.16. The molecule has 0 amide bonds. The van der Waals surface area contributed by atoms with E-state index in [1.165, 1.54) is 0 Å². The van der Waals surface area contributed by atoms with E-state index in [2.05, 4.69) is 0 Å². The van der Waals surface area contributed by atoms with Crippen LogP contribution in [0.2, 0.25) is 0 Å². The molecule has 4 heteroatoms. The van der Waals surface area contributed by atoms with E-state index in [4.69, 9.17) is 21.1 Å². The number of aliphatic hydroxyl groups excluding tert-OH is 1. The van der Waals surface area contributed by atoms with Crippen LogP contribution in [0, 0.1) is 0 Å². The van der Waals surface area contributed by atoms with Gasteiger partial charge in [0.1, 0.15) is 0 Å². The summed E-state index contributed by atoms with van der Waals surface area (Å²) in [5.41, 5.74) is 1.08. The monoisotopic (exact) mass is 300 g/mol. The van der Waals surface area contributed by atoms with E-state index >= 15 is 0 Å². The van der Waals surface area contributed by atoms with Crippen molar-refractivity contribution in [3.8, 4) is 0 Å². The van der Waals surface area contributed by atoms with Gasteiger partial charge in [0.25, 0.3) is 0 Å². The average Bonchev–Trinajstić information content (AvgIpc) is 2.98. The fourth-order valence-corrected chi connectivity index (χ4v) is 3.31. The normalized spacial score (nSPS) is 30.4. The van der Waals surface area contributed by atoms with Crippen LogP contribution in [-0.2, 0) is 9.47 Å². The standard InChI is InChI=1S/C16H25ClO3/c1-3-6-13(12(2)17)11-15-14(7-10-18)19-16(20-15)8-4-5-9-16/h3,6,14-15,18H,4-5,7-11H2,1-2H3. The fourth-order valence-electron chi connectivity index (χ4n) is 3.17. The van der Waals surface area contributed by atoms with E-state index in [-0.39, 0.29) is 18.8 Å². The molecule has 1 saturated heterocycles. The van der Waals surface area contributed by atoms with Crippen LogP contribution in [0.5, 0.6) is 0 Å². The van der Waals surface area contributed by atoms with E-state index in [0.717, 1.165) is 42.7 Å². The van der Waals surface area contributed by atoms with Gasteiger partial charge in [0, 0.05) is 30.9 Å².